The Morgan fingerprint density at radius 3 is 1.89 bits per heavy atom. The standard InChI is InChI=1S/C20H21FN2O4/c1-11(2)22-18(24)13-4-6-14(7-5-13)19(25)23-17(20(26)27)15-8-9-16(21)12(3)10-15/h4-11,17H,1-3H3,(H,22,24)(H,23,25)(H,26,27). The van der Waals surface area contributed by atoms with Crippen LogP contribution in [0.25, 0.3) is 0 Å². The number of hydrogen-bond donors (Lipinski definition) is 3. The van der Waals surface area contributed by atoms with E-state index in [0.717, 1.165) is 6.07 Å². The lowest BCUT2D eigenvalue weighted by atomic mass is 10.0. The molecule has 0 aliphatic carbocycles. The molecular formula is C20H21FN2O4. The molecule has 2 aromatic rings. The van der Waals surface area contributed by atoms with Crippen LogP contribution in [0.1, 0.15) is 51.7 Å². The van der Waals surface area contributed by atoms with E-state index in [9.17, 15) is 23.9 Å². The van der Waals surface area contributed by atoms with E-state index in [0.29, 0.717) is 5.56 Å². The van der Waals surface area contributed by atoms with Crippen LogP contribution < -0.4 is 10.6 Å². The molecule has 0 bridgehead atoms. The molecule has 0 saturated heterocycles. The highest BCUT2D eigenvalue weighted by atomic mass is 19.1. The van der Waals surface area contributed by atoms with Crippen molar-refractivity contribution in [2.75, 3.05) is 0 Å². The number of hydrogen-bond acceptors (Lipinski definition) is 3. The third kappa shape index (κ3) is 5.13. The van der Waals surface area contributed by atoms with Gasteiger partial charge in [-0.15, -0.1) is 0 Å². The third-order valence-corrected chi connectivity index (χ3v) is 3.87. The van der Waals surface area contributed by atoms with Gasteiger partial charge in [0.1, 0.15) is 5.82 Å². The van der Waals surface area contributed by atoms with Gasteiger partial charge in [0.25, 0.3) is 11.8 Å². The predicted octanol–water partition coefficient (Wildman–Crippen LogP) is 2.83. The number of aliphatic carboxylic acids is 1. The van der Waals surface area contributed by atoms with Crippen molar-refractivity contribution >= 4 is 17.8 Å². The minimum Gasteiger partial charge on any atom is -0.479 e. The number of halogens is 1. The van der Waals surface area contributed by atoms with E-state index in [1.54, 1.807) is 0 Å². The molecule has 2 amide bonds. The maximum Gasteiger partial charge on any atom is 0.330 e. The average Bonchev–Trinajstić information content (AvgIpc) is 2.61. The summed E-state index contributed by atoms with van der Waals surface area (Å²) in [6.07, 6.45) is 0. The Hall–Kier alpha value is -3.22. The highest BCUT2D eigenvalue weighted by Gasteiger charge is 2.23. The van der Waals surface area contributed by atoms with Crippen molar-refractivity contribution in [2.45, 2.75) is 32.9 Å². The summed E-state index contributed by atoms with van der Waals surface area (Å²) in [6.45, 7) is 5.19. The Labute approximate surface area is 156 Å². The van der Waals surface area contributed by atoms with Crippen molar-refractivity contribution in [3.05, 3.63) is 70.5 Å². The quantitative estimate of drug-likeness (QED) is 0.727. The van der Waals surface area contributed by atoms with Gasteiger partial charge in [-0.2, -0.15) is 0 Å². The fraction of sp³-hybridized carbons (Fsp3) is 0.250. The second-order valence-electron chi connectivity index (χ2n) is 6.46. The number of amides is 2. The van der Waals surface area contributed by atoms with Crippen LogP contribution in [0.4, 0.5) is 4.39 Å². The van der Waals surface area contributed by atoms with Crippen molar-refractivity contribution in [1.29, 1.82) is 0 Å². The summed E-state index contributed by atoms with van der Waals surface area (Å²) >= 11 is 0. The van der Waals surface area contributed by atoms with Crippen LogP contribution in [0, 0.1) is 12.7 Å². The monoisotopic (exact) mass is 372 g/mol. The lowest BCUT2D eigenvalue weighted by Gasteiger charge is -2.16. The molecule has 27 heavy (non-hydrogen) atoms. The van der Waals surface area contributed by atoms with Crippen molar-refractivity contribution in [3.63, 3.8) is 0 Å². The molecule has 2 rings (SSSR count). The highest BCUT2D eigenvalue weighted by molar-refractivity contribution is 5.99. The van der Waals surface area contributed by atoms with E-state index in [1.165, 1.54) is 43.3 Å². The third-order valence-electron chi connectivity index (χ3n) is 3.87. The number of benzene rings is 2. The van der Waals surface area contributed by atoms with Crippen LogP contribution in [0.15, 0.2) is 42.5 Å². The van der Waals surface area contributed by atoms with Gasteiger partial charge in [-0.05, 0) is 62.2 Å². The van der Waals surface area contributed by atoms with Crippen LogP contribution in [-0.2, 0) is 4.79 Å². The largest absolute Gasteiger partial charge is 0.479 e. The molecule has 0 aliphatic rings. The lowest BCUT2D eigenvalue weighted by Crippen LogP contribution is -2.34. The first-order chi connectivity index (χ1) is 12.7. The fourth-order valence-corrected chi connectivity index (χ4v) is 2.47. The van der Waals surface area contributed by atoms with Gasteiger partial charge in [0, 0.05) is 17.2 Å². The molecule has 1 unspecified atom stereocenters. The maximum absolute atomic E-state index is 13.4. The number of aryl methyl sites for hydroxylation is 1. The Morgan fingerprint density at radius 1 is 0.926 bits per heavy atom. The molecule has 3 N–H and O–H groups in total. The van der Waals surface area contributed by atoms with E-state index >= 15 is 0 Å². The van der Waals surface area contributed by atoms with Gasteiger partial charge in [-0.1, -0.05) is 12.1 Å². The zero-order chi connectivity index (χ0) is 20.1. The summed E-state index contributed by atoms with van der Waals surface area (Å²) in [4.78, 5) is 35.9. The second-order valence-corrected chi connectivity index (χ2v) is 6.46. The first-order valence-corrected chi connectivity index (χ1v) is 8.39. The molecule has 0 aliphatic heterocycles. The molecule has 0 saturated carbocycles. The lowest BCUT2D eigenvalue weighted by molar-refractivity contribution is -0.139. The Morgan fingerprint density at radius 2 is 1.44 bits per heavy atom. The zero-order valence-electron chi connectivity index (χ0n) is 15.2. The van der Waals surface area contributed by atoms with Gasteiger partial charge in [-0.3, -0.25) is 9.59 Å². The van der Waals surface area contributed by atoms with E-state index < -0.39 is 23.7 Å². The molecule has 0 aromatic heterocycles. The first kappa shape index (κ1) is 20.1. The second kappa shape index (κ2) is 8.44. The first-order valence-electron chi connectivity index (χ1n) is 8.39. The number of carboxylic acid groups (broad SMARTS) is 1. The highest BCUT2D eigenvalue weighted by Crippen LogP contribution is 2.18. The summed E-state index contributed by atoms with van der Waals surface area (Å²) in [7, 11) is 0. The molecule has 0 radical (unpaired) electrons. The van der Waals surface area contributed by atoms with Crippen molar-refractivity contribution in [3.8, 4) is 0 Å². The van der Waals surface area contributed by atoms with Gasteiger partial charge in [-0.25, -0.2) is 9.18 Å². The van der Waals surface area contributed by atoms with Gasteiger partial charge in [0.05, 0.1) is 0 Å². The van der Waals surface area contributed by atoms with Gasteiger partial charge < -0.3 is 15.7 Å². The number of carbonyl (C=O) groups is 3. The SMILES string of the molecule is Cc1cc(C(NC(=O)c2ccc(C(=O)NC(C)C)cc2)C(=O)O)ccc1F. The Balaban J connectivity index is 2.17. The van der Waals surface area contributed by atoms with E-state index in [2.05, 4.69) is 10.6 Å². The number of rotatable bonds is 6. The van der Waals surface area contributed by atoms with Crippen LogP contribution in [-0.4, -0.2) is 28.9 Å². The van der Waals surface area contributed by atoms with Crippen molar-refractivity contribution in [2.24, 2.45) is 0 Å². The summed E-state index contributed by atoms with van der Waals surface area (Å²) in [5, 5.41) is 14.6. The molecule has 6 nitrogen and oxygen atoms in total. The molecule has 0 spiro atoms. The van der Waals surface area contributed by atoms with Crippen LogP contribution in [0.5, 0.6) is 0 Å². The number of carboxylic acids is 1. The summed E-state index contributed by atoms with van der Waals surface area (Å²) < 4.78 is 13.4. The molecule has 0 heterocycles. The predicted molar refractivity (Wildman–Crippen MR) is 98.0 cm³/mol. The zero-order valence-corrected chi connectivity index (χ0v) is 15.2. The number of nitrogens with one attached hydrogen (secondary N) is 2. The van der Waals surface area contributed by atoms with Gasteiger partial charge in [0.2, 0.25) is 0 Å². The Kier molecular flexibility index (Phi) is 6.28. The summed E-state index contributed by atoms with van der Waals surface area (Å²) in [6, 6.07) is 8.40. The number of carbonyl (C=O) groups excluding carboxylic acids is 2. The van der Waals surface area contributed by atoms with E-state index in [4.69, 9.17) is 0 Å². The van der Waals surface area contributed by atoms with Crippen molar-refractivity contribution in [1.82, 2.24) is 10.6 Å². The van der Waals surface area contributed by atoms with E-state index in [1.807, 2.05) is 13.8 Å². The fourth-order valence-electron chi connectivity index (χ4n) is 2.47. The van der Waals surface area contributed by atoms with E-state index in [-0.39, 0.29) is 28.6 Å². The molecule has 7 heteroatoms. The van der Waals surface area contributed by atoms with Crippen LogP contribution >= 0.6 is 0 Å². The van der Waals surface area contributed by atoms with Gasteiger partial charge in [0.15, 0.2) is 6.04 Å². The van der Waals surface area contributed by atoms with Crippen LogP contribution in [0.2, 0.25) is 0 Å². The average molecular weight is 372 g/mol. The van der Waals surface area contributed by atoms with Gasteiger partial charge >= 0.3 is 5.97 Å². The van der Waals surface area contributed by atoms with Crippen LogP contribution in [0.3, 0.4) is 0 Å². The minimum atomic E-state index is -1.32. The normalized spacial score (nSPS) is 11.7. The maximum atomic E-state index is 13.4. The van der Waals surface area contributed by atoms with Crippen molar-refractivity contribution < 1.29 is 23.9 Å². The molecule has 142 valence electrons. The summed E-state index contributed by atoms with van der Waals surface area (Å²) in [5.41, 5.74) is 1.15. The Bertz CT molecular complexity index is 863. The smallest absolute Gasteiger partial charge is 0.330 e. The minimum absolute atomic E-state index is 0.0176. The topological polar surface area (TPSA) is 95.5 Å². The molecule has 1 atom stereocenters. The molecular weight excluding hydrogens is 351 g/mol. The summed E-state index contributed by atoms with van der Waals surface area (Å²) in [5.74, 6) is -2.59. The molecule has 2 aromatic carbocycles. The molecule has 0 fully saturated rings.